The Morgan fingerprint density at radius 2 is 1.78 bits per heavy atom. The molecule has 1 amide bonds. The molecule has 8 nitrogen and oxygen atoms in total. The summed E-state index contributed by atoms with van der Waals surface area (Å²) in [6.45, 7) is 2.83. The molecule has 0 saturated carbocycles. The molecule has 18 heavy (non-hydrogen) atoms. The monoisotopic (exact) mass is 253 g/mol. The summed E-state index contributed by atoms with van der Waals surface area (Å²) in [4.78, 5) is 31.1. The van der Waals surface area contributed by atoms with Gasteiger partial charge in [-0.25, -0.2) is 0 Å². The van der Waals surface area contributed by atoms with Crippen LogP contribution in [0.2, 0.25) is 0 Å². The molecule has 8 heteroatoms. The first-order valence-corrected chi connectivity index (χ1v) is 5.10. The average Bonchev–Trinajstić information content (AvgIpc) is 2.26. The number of amides is 1. The Balaban J connectivity index is 3.56. The summed E-state index contributed by atoms with van der Waals surface area (Å²) < 4.78 is 0. The van der Waals surface area contributed by atoms with Gasteiger partial charge < -0.3 is 5.32 Å². The Morgan fingerprint density at radius 3 is 2.17 bits per heavy atom. The van der Waals surface area contributed by atoms with E-state index in [1.54, 1.807) is 6.92 Å². The summed E-state index contributed by atoms with van der Waals surface area (Å²) >= 11 is 0. The molecule has 1 aromatic carbocycles. The molecular weight excluding hydrogens is 242 g/mol. The molecule has 0 radical (unpaired) electrons. The van der Waals surface area contributed by atoms with Crippen LogP contribution in [0.25, 0.3) is 0 Å². The maximum Gasteiger partial charge on any atom is 0.369 e. The van der Waals surface area contributed by atoms with Gasteiger partial charge in [-0.2, -0.15) is 0 Å². The molecule has 1 N–H and O–H groups in total. The molecule has 0 aliphatic heterocycles. The third kappa shape index (κ3) is 2.59. The number of hydrogen-bond donors (Lipinski definition) is 1. The number of nitrogens with one attached hydrogen (secondary N) is 1. The summed E-state index contributed by atoms with van der Waals surface area (Å²) in [6, 6.07) is 2.70. The fraction of sp³-hybridized carbons (Fsp3) is 0.300. The molecule has 0 aliphatic rings. The van der Waals surface area contributed by atoms with E-state index in [1.165, 1.54) is 19.1 Å². The number of rotatable bonds is 4. The van der Waals surface area contributed by atoms with Crippen molar-refractivity contribution in [2.45, 2.75) is 20.3 Å². The van der Waals surface area contributed by atoms with Crippen LogP contribution in [0, 0.1) is 20.2 Å². The van der Waals surface area contributed by atoms with Crippen molar-refractivity contribution >= 4 is 23.0 Å². The Hall–Kier alpha value is -2.51. The van der Waals surface area contributed by atoms with Gasteiger partial charge in [0.2, 0.25) is 5.91 Å². The van der Waals surface area contributed by atoms with Crippen molar-refractivity contribution in [3.8, 4) is 0 Å². The van der Waals surface area contributed by atoms with Gasteiger partial charge in [0.05, 0.1) is 9.85 Å². The topological polar surface area (TPSA) is 115 Å². The predicted octanol–water partition coefficient (Wildman–Crippen LogP) is 2.02. The number of aryl methyl sites for hydroxylation is 1. The molecule has 96 valence electrons. The fourth-order valence-corrected chi connectivity index (χ4v) is 1.59. The predicted molar refractivity (Wildman–Crippen MR) is 63.4 cm³/mol. The van der Waals surface area contributed by atoms with Crippen LogP contribution in [-0.2, 0) is 11.2 Å². The zero-order valence-corrected chi connectivity index (χ0v) is 9.80. The van der Waals surface area contributed by atoms with E-state index < -0.39 is 27.1 Å². The van der Waals surface area contributed by atoms with Gasteiger partial charge in [-0.3, -0.25) is 25.0 Å². The Bertz CT molecular complexity index is 526. The highest BCUT2D eigenvalue weighted by Gasteiger charge is 2.32. The molecule has 0 atom stereocenters. The van der Waals surface area contributed by atoms with Crippen molar-refractivity contribution in [1.29, 1.82) is 0 Å². The Morgan fingerprint density at radius 1 is 1.22 bits per heavy atom. The smallest absolute Gasteiger partial charge is 0.320 e. The molecule has 0 bridgehead atoms. The lowest BCUT2D eigenvalue weighted by Crippen LogP contribution is -2.10. The van der Waals surface area contributed by atoms with Crippen molar-refractivity contribution in [2.75, 3.05) is 5.32 Å². The molecule has 1 rings (SSSR count). The summed E-state index contributed by atoms with van der Waals surface area (Å²) in [5.74, 6) is -0.531. The van der Waals surface area contributed by atoms with Crippen molar-refractivity contribution in [3.63, 3.8) is 0 Å². The number of benzene rings is 1. The van der Waals surface area contributed by atoms with Crippen LogP contribution in [0.1, 0.15) is 19.4 Å². The minimum absolute atomic E-state index is 0.170. The molecule has 1 aromatic rings. The third-order valence-electron chi connectivity index (χ3n) is 2.29. The van der Waals surface area contributed by atoms with E-state index in [9.17, 15) is 25.0 Å². The number of nitro benzene ring substituents is 2. The lowest BCUT2D eigenvalue weighted by atomic mass is 10.1. The number of hydrogen-bond acceptors (Lipinski definition) is 5. The second kappa shape index (κ2) is 5.21. The summed E-state index contributed by atoms with van der Waals surface area (Å²) in [5.41, 5.74) is -1.18. The normalized spacial score (nSPS) is 9.89. The number of carbonyl (C=O) groups excluding carboxylic acids is 1. The molecule has 0 fully saturated rings. The molecular formula is C10H11N3O5. The number of nitrogens with zero attached hydrogens (tertiary/aromatic N) is 2. The maximum atomic E-state index is 10.9. The van der Waals surface area contributed by atoms with Gasteiger partial charge in [0.25, 0.3) is 0 Å². The van der Waals surface area contributed by atoms with E-state index in [0.717, 1.165) is 0 Å². The second-order valence-corrected chi connectivity index (χ2v) is 3.52. The van der Waals surface area contributed by atoms with Crippen molar-refractivity contribution in [2.24, 2.45) is 0 Å². The zero-order valence-electron chi connectivity index (χ0n) is 9.80. The van der Waals surface area contributed by atoms with Crippen LogP contribution in [-0.4, -0.2) is 15.8 Å². The van der Waals surface area contributed by atoms with Gasteiger partial charge in [0.1, 0.15) is 5.69 Å². The molecule has 0 heterocycles. The number of anilines is 1. The minimum Gasteiger partial charge on any atom is -0.320 e. The summed E-state index contributed by atoms with van der Waals surface area (Å²) in [7, 11) is 0. The molecule has 0 spiro atoms. The van der Waals surface area contributed by atoms with Crippen LogP contribution >= 0.6 is 0 Å². The minimum atomic E-state index is -0.859. The maximum absolute atomic E-state index is 10.9. The fourth-order valence-electron chi connectivity index (χ4n) is 1.59. The van der Waals surface area contributed by atoms with Crippen molar-refractivity contribution in [1.82, 2.24) is 0 Å². The Kier molecular flexibility index (Phi) is 3.93. The number of carbonyl (C=O) groups is 1. The van der Waals surface area contributed by atoms with E-state index in [1.807, 2.05) is 0 Å². The first-order valence-electron chi connectivity index (χ1n) is 5.10. The first kappa shape index (κ1) is 13.6. The van der Waals surface area contributed by atoms with Gasteiger partial charge in [-0.1, -0.05) is 6.92 Å². The van der Waals surface area contributed by atoms with Gasteiger partial charge in [-0.15, -0.1) is 0 Å². The zero-order chi connectivity index (χ0) is 13.9. The summed E-state index contributed by atoms with van der Waals surface area (Å²) in [6.07, 6.45) is 0.289. The molecule has 0 aromatic heterocycles. The van der Waals surface area contributed by atoms with Gasteiger partial charge >= 0.3 is 11.4 Å². The van der Waals surface area contributed by atoms with E-state index in [-0.39, 0.29) is 17.7 Å². The summed E-state index contributed by atoms with van der Waals surface area (Å²) in [5, 5.41) is 24.1. The molecule has 0 unspecified atom stereocenters. The standard InChI is InChI=1S/C10H11N3O5/c1-3-7-4-5-8(11-6(2)14)10(13(17)18)9(7)12(15)16/h4-5H,3H2,1-2H3,(H,11,14). The van der Waals surface area contributed by atoms with Crippen LogP contribution < -0.4 is 5.32 Å². The quantitative estimate of drug-likeness (QED) is 0.650. The number of nitro groups is 2. The van der Waals surface area contributed by atoms with E-state index in [4.69, 9.17) is 0 Å². The van der Waals surface area contributed by atoms with Crippen molar-refractivity contribution in [3.05, 3.63) is 37.9 Å². The lowest BCUT2D eigenvalue weighted by Gasteiger charge is -2.06. The average molecular weight is 253 g/mol. The molecule has 0 saturated heterocycles. The van der Waals surface area contributed by atoms with Crippen LogP contribution in [0.5, 0.6) is 0 Å². The van der Waals surface area contributed by atoms with Crippen LogP contribution in [0.4, 0.5) is 17.1 Å². The molecule has 0 aliphatic carbocycles. The SMILES string of the molecule is CCc1ccc(NC(C)=O)c([N+](=O)[O-])c1[N+](=O)[O-]. The highest BCUT2D eigenvalue weighted by Crippen LogP contribution is 2.37. The van der Waals surface area contributed by atoms with Crippen LogP contribution in [0.15, 0.2) is 12.1 Å². The van der Waals surface area contributed by atoms with Gasteiger partial charge in [0, 0.05) is 12.5 Å². The van der Waals surface area contributed by atoms with E-state index in [0.29, 0.717) is 0 Å². The highest BCUT2D eigenvalue weighted by atomic mass is 16.6. The lowest BCUT2D eigenvalue weighted by molar-refractivity contribution is -0.422. The van der Waals surface area contributed by atoms with Crippen LogP contribution in [0.3, 0.4) is 0 Å². The largest absolute Gasteiger partial charge is 0.369 e. The third-order valence-corrected chi connectivity index (χ3v) is 2.29. The van der Waals surface area contributed by atoms with Gasteiger partial charge in [-0.05, 0) is 18.6 Å². The van der Waals surface area contributed by atoms with E-state index >= 15 is 0 Å². The van der Waals surface area contributed by atoms with Crippen molar-refractivity contribution < 1.29 is 14.6 Å². The second-order valence-electron chi connectivity index (χ2n) is 3.52. The first-order chi connectivity index (χ1) is 8.38. The van der Waals surface area contributed by atoms with E-state index in [2.05, 4.69) is 5.32 Å². The Labute approximate surface area is 102 Å². The van der Waals surface area contributed by atoms with Gasteiger partial charge in [0.15, 0.2) is 0 Å². The highest BCUT2D eigenvalue weighted by molar-refractivity contribution is 5.93.